The van der Waals surface area contributed by atoms with Crippen molar-refractivity contribution in [1.29, 1.82) is 0 Å². The Morgan fingerprint density at radius 1 is 1.16 bits per heavy atom. The summed E-state index contributed by atoms with van der Waals surface area (Å²) < 4.78 is 5.44. The Hall–Kier alpha value is -1.47. The van der Waals surface area contributed by atoms with Crippen LogP contribution >= 0.6 is 23.6 Å². The summed E-state index contributed by atoms with van der Waals surface area (Å²) in [6.45, 7) is 7.05. The maximum absolute atomic E-state index is 5.69. The number of ether oxygens (including phenoxy) is 1. The number of thiocarbonyl (C=S) groups is 1. The minimum absolute atomic E-state index is 0.802. The summed E-state index contributed by atoms with van der Waals surface area (Å²) in [5.74, 6) is 0. The van der Waals surface area contributed by atoms with E-state index in [1.165, 1.54) is 11.4 Å². The first-order valence-corrected chi connectivity index (χ1v) is 10.1. The van der Waals surface area contributed by atoms with Gasteiger partial charge in [0, 0.05) is 23.5 Å². The van der Waals surface area contributed by atoms with Crippen molar-refractivity contribution in [2.24, 2.45) is 0 Å². The molecule has 4 nitrogen and oxygen atoms in total. The average molecular weight is 377 g/mol. The third kappa shape index (κ3) is 6.08. The van der Waals surface area contributed by atoms with Crippen molar-refractivity contribution in [2.75, 3.05) is 44.7 Å². The van der Waals surface area contributed by atoms with E-state index in [4.69, 9.17) is 17.0 Å². The van der Waals surface area contributed by atoms with Gasteiger partial charge in [0.05, 0.1) is 26.3 Å². The molecule has 0 unspecified atom stereocenters. The fourth-order valence-electron chi connectivity index (χ4n) is 3.00. The molecule has 2 aromatic rings. The Kier molecular flexibility index (Phi) is 7.23. The molecule has 1 fully saturated rings. The maximum Gasteiger partial charge on any atom is 0.173 e. The fourth-order valence-corrected chi connectivity index (χ4v) is 3.99. The van der Waals surface area contributed by atoms with E-state index >= 15 is 0 Å². The SMILES string of the molecule is S=C(Nc1ccccc1)N(CCC[NH+]1CCOCC1)Cc1cccs1. The van der Waals surface area contributed by atoms with E-state index in [0.29, 0.717) is 0 Å². The van der Waals surface area contributed by atoms with Crippen molar-refractivity contribution in [1.82, 2.24) is 4.90 Å². The first-order chi connectivity index (χ1) is 12.3. The number of morpholine rings is 1. The fraction of sp³-hybridized carbons (Fsp3) is 0.421. The Bertz CT molecular complexity index is 627. The summed E-state index contributed by atoms with van der Waals surface area (Å²) in [4.78, 5) is 5.27. The van der Waals surface area contributed by atoms with Gasteiger partial charge in [-0.2, -0.15) is 0 Å². The number of anilines is 1. The minimum Gasteiger partial charge on any atom is -0.370 e. The topological polar surface area (TPSA) is 28.9 Å². The Labute approximate surface area is 159 Å². The molecule has 2 N–H and O–H groups in total. The molecule has 2 heterocycles. The molecule has 1 aliphatic heterocycles. The minimum atomic E-state index is 0.802. The second kappa shape index (κ2) is 9.87. The normalized spacial score (nSPS) is 15.0. The van der Waals surface area contributed by atoms with E-state index < -0.39 is 0 Å². The van der Waals surface area contributed by atoms with Crippen molar-refractivity contribution in [3.05, 3.63) is 52.7 Å². The largest absolute Gasteiger partial charge is 0.370 e. The first kappa shape index (κ1) is 18.3. The van der Waals surface area contributed by atoms with Crippen LogP contribution in [0.1, 0.15) is 11.3 Å². The molecule has 0 aliphatic carbocycles. The van der Waals surface area contributed by atoms with Crippen molar-refractivity contribution in [2.45, 2.75) is 13.0 Å². The molecule has 0 amide bonds. The third-order valence-electron chi connectivity index (χ3n) is 4.40. The highest BCUT2D eigenvalue weighted by Gasteiger charge is 2.16. The highest BCUT2D eigenvalue weighted by molar-refractivity contribution is 7.80. The molecule has 1 saturated heterocycles. The highest BCUT2D eigenvalue weighted by atomic mass is 32.1. The van der Waals surface area contributed by atoms with E-state index in [0.717, 1.165) is 56.6 Å². The molecule has 1 aromatic heterocycles. The summed E-state index contributed by atoms with van der Waals surface area (Å²) >= 11 is 7.48. The zero-order chi connectivity index (χ0) is 17.3. The number of nitrogens with one attached hydrogen (secondary N) is 2. The van der Waals surface area contributed by atoms with Gasteiger partial charge in [-0.3, -0.25) is 0 Å². The van der Waals surface area contributed by atoms with Crippen molar-refractivity contribution < 1.29 is 9.64 Å². The van der Waals surface area contributed by atoms with E-state index in [9.17, 15) is 0 Å². The van der Waals surface area contributed by atoms with Gasteiger partial charge in [0.2, 0.25) is 0 Å². The highest BCUT2D eigenvalue weighted by Crippen LogP contribution is 2.14. The van der Waals surface area contributed by atoms with Crippen LogP contribution in [-0.4, -0.2) is 49.4 Å². The molecule has 0 saturated carbocycles. The van der Waals surface area contributed by atoms with Gasteiger partial charge in [-0.1, -0.05) is 24.3 Å². The van der Waals surface area contributed by atoms with Gasteiger partial charge in [-0.15, -0.1) is 11.3 Å². The number of nitrogens with zero attached hydrogens (tertiary/aromatic N) is 1. The Balaban J connectivity index is 1.55. The summed E-state index contributed by atoms with van der Waals surface area (Å²) in [5.41, 5.74) is 1.04. The molecular formula is C19H26N3OS2+. The quantitative estimate of drug-likeness (QED) is 0.726. The molecule has 6 heteroatoms. The van der Waals surface area contributed by atoms with Gasteiger partial charge in [-0.05, 0) is 35.8 Å². The number of thiophene rings is 1. The van der Waals surface area contributed by atoms with Crippen LogP contribution < -0.4 is 10.2 Å². The summed E-state index contributed by atoms with van der Waals surface area (Å²) in [7, 11) is 0. The van der Waals surface area contributed by atoms with Gasteiger partial charge in [0.25, 0.3) is 0 Å². The molecule has 0 spiro atoms. The van der Waals surface area contributed by atoms with E-state index in [2.05, 4.69) is 27.7 Å². The number of hydrogen-bond donors (Lipinski definition) is 2. The predicted molar refractivity (Wildman–Crippen MR) is 108 cm³/mol. The molecule has 1 aromatic carbocycles. The predicted octanol–water partition coefficient (Wildman–Crippen LogP) is 2.25. The lowest BCUT2D eigenvalue weighted by Gasteiger charge is -2.28. The number of quaternary nitrogens is 1. The second-order valence-corrected chi connectivity index (χ2v) is 7.68. The van der Waals surface area contributed by atoms with E-state index in [1.54, 1.807) is 16.2 Å². The number of para-hydroxylation sites is 1. The van der Waals surface area contributed by atoms with Crippen LogP contribution in [0.2, 0.25) is 0 Å². The standard InChI is InChI=1S/C19H25N3OS2/c24-19(20-17-6-2-1-3-7-17)22(16-18-8-4-15-25-18)10-5-9-21-11-13-23-14-12-21/h1-4,6-8,15H,5,9-14,16H2,(H,20,24)/p+1. The van der Waals surface area contributed by atoms with Gasteiger partial charge in [0.1, 0.15) is 13.1 Å². The third-order valence-corrected chi connectivity index (χ3v) is 5.62. The summed E-state index contributed by atoms with van der Waals surface area (Å²) in [5, 5.41) is 6.30. The molecule has 1 aliphatic rings. The lowest BCUT2D eigenvalue weighted by Crippen LogP contribution is -3.14. The molecule has 25 heavy (non-hydrogen) atoms. The van der Waals surface area contributed by atoms with Crippen LogP contribution in [0, 0.1) is 0 Å². The van der Waals surface area contributed by atoms with Crippen molar-refractivity contribution in [3.63, 3.8) is 0 Å². The van der Waals surface area contributed by atoms with Gasteiger partial charge < -0.3 is 19.9 Å². The average Bonchev–Trinajstić information content (AvgIpc) is 3.16. The lowest BCUT2D eigenvalue weighted by molar-refractivity contribution is -0.908. The van der Waals surface area contributed by atoms with Crippen molar-refractivity contribution >= 4 is 34.4 Å². The van der Waals surface area contributed by atoms with Crippen LogP contribution in [0.3, 0.4) is 0 Å². The van der Waals surface area contributed by atoms with Crippen LogP contribution in [0.15, 0.2) is 47.8 Å². The Morgan fingerprint density at radius 2 is 1.96 bits per heavy atom. The molecular weight excluding hydrogens is 350 g/mol. The van der Waals surface area contributed by atoms with Crippen LogP contribution in [0.4, 0.5) is 5.69 Å². The van der Waals surface area contributed by atoms with Gasteiger partial charge in [0.15, 0.2) is 5.11 Å². The zero-order valence-electron chi connectivity index (χ0n) is 14.4. The Morgan fingerprint density at radius 3 is 2.68 bits per heavy atom. The summed E-state index contributed by atoms with van der Waals surface area (Å²) in [6, 6.07) is 14.4. The molecule has 0 radical (unpaired) electrons. The molecule has 0 atom stereocenters. The lowest BCUT2D eigenvalue weighted by atomic mass is 10.3. The summed E-state index contributed by atoms with van der Waals surface area (Å²) in [6.07, 6.45) is 1.14. The number of hydrogen-bond acceptors (Lipinski definition) is 3. The van der Waals surface area contributed by atoms with Crippen LogP contribution in [0.25, 0.3) is 0 Å². The van der Waals surface area contributed by atoms with Crippen LogP contribution in [0.5, 0.6) is 0 Å². The molecule has 0 bridgehead atoms. The van der Waals surface area contributed by atoms with Crippen molar-refractivity contribution in [3.8, 4) is 0 Å². The van der Waals surface area contributed by atoms with Crippen LogP contribution in [-0.2, 0) is 11.3 Å². The molecule has 3 rings (SSSR count). The smallest absolute Gasteiger partial charge is 0.173 e. The second-order valence-electron chi connectivity index (χ2n) is 6.26. The van der Waals surface area contributed by atoms with E-state index in [1.807, 2.05) is 30.3 Å². The molecule has 134 valence electrons. The maximum atomic E-state index is 5.69. The monoisotopic (exact) mass is 376 g/mol. The first-order valence-electron chi connectivity index (χ1n) is 8.86. The van der Waals surface area contributed by atoms with E-state index in [-0.39, 0.29) is 0 Å². The number of rotatable bonds is 7. The van der Waals surface area contributed by atoms with Gasteiger partial charge in [-0.25, -0.2) is 0 Å². The van der Waals surface area contributed by atoms with Gasteiger partial charge >= 0.3 is 0 Å². The zero-order valence-corrected chi connectivity index (χ0v) is 16.1. The number of benzene rings is 1.